The lowest BCUT2D eigenvalue weighted by atomic mass is 10.2. The molecule has 0 atom stereocenters. The summed E-state index contributed by atoms with van der Waals surface area (Å²) in [6, 6.07) is 8.16. The Morgan fingerprint density at radius 2 is 2.00 bits per heavy atom. The molecule has 0 N–H and O–H groups in total. The fourth-order valence-corrected chi connectivity index (χ4v) is 3.87. The van der Waals surface area contributed by atoms with Crippen molar-refractivity contribution in [1.82, 2.24) is 9.55 Å². The minimum absolute atomic E-state index is 0.153. The molecule has 3 rings (SSSR count). The predicted octanol–water partition coefficient (Wildman–Crippen LogP) is 4.91. The van der Waals surface area contributed by atoms with Crippen molar-refractivity contribution >= 4 is 28.3 Å². The van der Waals surface area contributed by atoms with Crippen LogP contribution in [-0.4, -0.2) is 43.0 Å². The Bertz CT molecular complexity index is 905. The van der Waals surface area contributed by atoms with Crippen LogP contribution in [0.4, 0.5) is 0 Å². The first kappa shape index (κ1) is 21.3. The molecule has 156 valence electrons. The number of aryl methyl sites for hydroxylation is 1. The van der Waals surface area contributed by atoms with E-state index in [4.69, 9.17) is 14.5 Å². The quantitative estimate of drug-likeness (QED) is 0.310. The number of nitrogens with zero attached hydrogens (tertiary/aromatic N) is 2. The number of hydrogen-bond donors (Lipinski definition) is 0. The highest BCUT2D eigenvalue weighted by molar-refractivity contribution is 7.08. The lowest BCUT2D eigenvalue weighted by Crippen LogP contribution is -2.04. The van der Waals surface area contributed by atoms with Crippen molar-refractivity contribution in [2.24, 2.45) is 0 Å². The zero-order valence-corrected chi connectivity index (χ0v) is 17.9. The monoisotopic (exact) mass is 416 g/mol. The Labute approximate surface area is 175 Å². The fraction of sp³-hybridized carbons (Fsp3) is 0.455. The van der Waals surface area contributed by atoms with Gasteiger partial charge in [0.15, 0.2) is 0 Å². The van der Waals surface area contributed by atoms with Gasteiger partial charge in [0.1, 0.15) is 11.6 Å². The molecule has 0 aliphatic rings. The molecular weight excluding hydrogens is 388 g/mol. The van der Waals surface area contributed by atoms with Gasteiger partial charge in [-0.25, -0.2) is 4.98 Å². The fourth-order valence-electron chi connectivity index (χ4n) is 3.24. The summed E-state index contributed by atoms with van der Waals surface area (Å²) in [5.74, 6) is 1.67. The zero-order chi connectivity index (χ0) is 20.5. The number of fused-ring (bicyclic) bond motifs is 1. The number of ether oxygens (including phenoxy) is 3. The van der Waals surface area contributed by atoms with E-state index in [9.17, 15) is 4.79 Å². The number of carbonyl (C=O) groups is 1. The molecule has 0 amide bonds. The van der Waals surface area contributed by atoms with Crippen LogP contribution in [0.15, 0.2) is 35.0 Å². The summed E-state index contributed by atoms with van der Waals surface area (Å²) in [4.78, 5) is 16.0. The first-order valence-corrected chi connectivity index (χ1v) is 10.9. The molecule has 0 aliphatic heterocycles. The minimum atomic E-state index is -0.153. The van der Waals surface area contributed by atoms with Crippen LogP contribution in [0.25, 0.3) is 22.4 Å². The first-order chi connectivity index (χ1) is 14.2. The Balaban J connectivity index is 1.67. The summed E-state index contributed by atoms with van der Waals surface area (Å²) < 4.78 is 18.1. The van der Waals surface area contributed by atoms with Gasteiger partial charge in [-0.05, 0) is 49.3 Å². The molecule has 0 saturated carbocycles. The van der Waals surface area contributed by atoms with E-state index in [2.05, 4.69) is 32.2 Å². The van der Waals surface area contributed by atoms with E-state index in [1.165, 1.54) is 7.11 Å². The maximum Gasteiger partial charge on any atom is 0.305 e. The lowest BCUT2D eigenvalue weighted by molar-refractivity contribution is -0.140. The second-order valence-electron chi connectivity index (χ2n) is 6.83. The standard InChI is InChI=1S/C22H28N2O4S/c1-26-12-6-11-24-20-15-18(28-13-5-3-4-7-21(25)27-2)8-9-19(20)23-22(24)17-10-14-29-16-17/h8-10,14-16H,3-7,11-13H2,1-2H3. The molecule has 0 saturated heterocycles. The van der Waals surface area contributed by atoms with E-state index < -0.39 is 0 Å². The summed E-state index contributed by atoms with van der Waals surface area (Å²) in [6.45, 7) is 2.18. The number of imidazole rings is 1. The van der Waals surface area contributed by atoms with Gasteiger partial charge >= 0.3 is 5.97 Å². The van der Waals surface area contributed by atoms with Gasteiger partial charge in [0.05, 0.1) is 24.8 Å². The first-order valence-electron chi connectivity index (χ1n) is 9.94. The molecule has 0 bridgehead atoms. The number of unbranched alkanes of at least 4 members (excludes halogenated alkanes) is 2. The topological polar surface area (TPSA) is 62.6 Å². The minimum Gasteiger partial charge on any atom is -0.494 e. The van der Waals surface area contributed by atoms with Crippen molar-refractivity contribution in [3.63, 3.8) is 0 Å². The lowest BCUT2D eigenvalue weighted by Gasteiger charge is -2.10. The van der Waals surface area contributed by atoms with Crippen LogP contribution < -0.4 is 4.74 Å². The average molecular weight is 417 g/mol. The third kappa shape index (κ3) is 5.81. The number of esters is 1. The number of rotatable bonds is 12. The van der Waals surface area contributed by atoms with Gasteiger partial charge in [-0.3, -0.25) is 4.79 Å². The van der Waals surface area contributed by atoms with E-state index in [-0.39, 0.29) is 5.97 Å². The molecule has 1 aromatic carbocycles. The van der Waals surface area contributed by atoms with Gasteiger partial charge in [0, 0.05) is 43.7 Å². The highest BCUT2D eigenvalue weighted by Crippen LogP contribution is 2.29. The van der Waals surface area contributed by atoms with Crippen molar-refractivity contribution in [3.8, 4) is 17.1 Å². The van der Waals surface area contributed by atoms with Gasteiger partial charge in [-0.1, -0.05) is 0 Å². The molecule has 29 heavy (non-hydrogen) atoms. The van der Waals surface area contributed by atoms with Crippen LogP contribution in [0.3, 0.4) is 0 Å². The van der Waals surface area contributed by atoms with E-state index in [1.807, 2.05) is 12.1 Å². The Morgan fingerprint density at radius 1 is 1.10 bits per heavy atom. The van der Waals surface area contributed by atoms with Crippen molar-refractivity contribution in [2.75, 3.05) is 27.4 Å². The van der Waals surface area contributed by atoms with E-state index in [0.29, 0.717) is 19.6 Å². The average Bonchev–Trinajstić information content (AvgIpc) is 3.38. The highest BCUT2D eigenvalue weighted by Gasteiger charge is 2.14. The summed E-state index contributed by atoms with van der Waals surface area (Å²) >= 11 is 1.67. The summed E-state index contributed by atoms with van der Waals surface area (Å²) in [6.07, 6.45) is 4.06. The zero-order valence-electron chi connectivity index (χ0n) is 17.1. The van der Waals surface area contributed by atoms with E-state index >= 15 is 0 Å². The SMILES string of the molecule is COCCCn1c(-c2ccsc2)nc2ccc(OCCCCCC(=O)OC)cc21. The number of thiophene rings is 1. The number of aromatic nitrogens is 2. The summed E-state index contributed by atoms with van der Waals surface area (Å²) in [5, 5.41) is 4.20. The smallest absolute Gasteiger partial charge is 0.305 e. The summed E-state index contributed by atoms with van der Waals surface area (Å²) in [7, 11) is 3.15. The van der Waals surface area contributed by atoms with Gasteiger partial charge < -0.3 is 18.8 Å². The molecule has 0 unspecified atom stereocenters. The molecule has 6 nitrogen and oxygen atoms in total. The predicted molar refractivity (Wildman–Crippen MR) is 116 cm³/mol. The Hall–Kier alpha value is -2.38. The third-order valence-electron chi connectivity index (χ3n) is 4.75. The normalized spacial score (nSPS) is 11.1. The van der Waals surface area contributed by atoms with Crippen LogP contribution in [0.1, 0.15) is 32.1 Å². The number of methoxy groups -OCH3 is 2. The second kappa shape index (κ2) is 11.0. The van der Waals surface area contributed by atoms with Crippen LogP contribution >= 0.6 is 11.3 Å². The number of hydrogen-bond acceptors (Lipinski definition) is 6. The third-order valence-corrected chi connectivity index (χ3v) is 5.43. The van der Waals surface area contributed by atoms with Crippen molar-refractivity contribution in [3.05, 3.63) is 35.0 Å². The van der Waals surface area contributed by atoms with E-state index in [1.54, 1.807) is 18.4 Å². The van der Waals surface area contributed by atoms with Gasteiger partial charge in [0.2, 0.25) is 0 Å². The van der Waals surface area contributed by atoms with Gasteiger partial charge in [0.25, 0.3) is 0 Å². The molecule has 2 heterocycles. The molecular formula is C22H28N2O4S. The molecule has 0 aliphatic carbocycles. The molecule has 0 radical (unpaired) electrons. The van der Waals surface area contributed by atoms with Crippen molar-refractivity contribution in [2.45, 2.75) is 38.6 Å². The molecule has 7 heteroatoms. The van der Waals surface area contributed by atoms with Crippen LogP contribution in [-0.2, 0) is 20.8 Å². The largest absolute Gasteiger partial charge is 0.494 e. The highest BCUT2D eigenvalue weighted by atomic mass is 32.1. The number of carbonyl (C=O) groups excluding carboxylic acids is 1. The molecule has 0 spiro atoms. The van der Waals surface area contributed by atoms with Crippen LogP contribution in [0.2, 0.25) is 0 Å². The van der Waals surface area contributed by atoms with Gasteiger partial charge in [-0.2, -0.15) is 11.3 Å². The van der Waals surface area contributed by atoms with Crippen LogP contribution in [0, 0.1) is 0 Å². The van der Waals surface area contributed by atoms with Crippen molar-refractivity contribution in [1.29, 1.82) is 0 Å². The summed E-state index contributed by atoms with van der Waals surface area (Å²) in [5.41, 5.74) is 3.18. The molecule has 3 aromatic rings. The maximum absolute atomic E-state index is 11.1. The van der Waals surface area contributed by atoms with E-state index in [0.717, 1.165) is 60.4 Å². The molecule has 0 fully saturated rings. The van der Waals surface area contributed by atoms with Crippen molar-refractivity contribution < 1.29 is 19.0 Å². The second-order valence-corrected chi connectivity index (χ2v) is 7.61. The number of benzene rings is 1. The maximum atomic E-state index is 11.1. The Kier molecular flexibility index (Phi) is 8.07. The van der Waals surface area contributed by atoms with Gasteiger partial charge in [-0.15, -0.1) is 0 Å². The Morgan fingerprint density at radius 3 is 2.76 bits per heavy atom. The molecule has 2 aromatic heterocycles. The van der Waals surface area contributed by atoms with Crippen LogP contribution in [0.5, 0.6) is 5.75 Å².